The molecule has 1 fully saturated rings. The van der Waals surface area contributed by atoms with E-state index in [1.165, 1.54) is 0 Å². The Morgan fingerprint density at radius 2 is 2.00 bits per heavy atom. The lowest BCUT2D eigenvalue weighted by molar-refractivity contribution is -0.138. The van der Waals surface area contributed by atoms with Crippen molar-refractivity contribution < 1.29 is 14.6 Å². The van der Waals surface area contributed by atoms with Gasteiger partial charge < -0.3 is 14.7 Å². The zero-order valence-electron chi connectivity index (χ0n) is 13.7. The third-order valence-electron chi connectivity index (χ3n) is 4.47. The zero-order chi connectivity index (χ0) is 16.4. The molecule has 1 aliphatic rings. The minimum absolute atomic E-state index is 0.00488. The Labute approximate surface area is 136 Å². The van der Waals surface area contributed by atoms with Crippen LogP contribution in [0.2, 0.25) is 0 Å². The van der Waals surface area contributed by atoms with E-state index >= 15 is 0 Å². The summed E-state index contributed by atoms with van der Waals surface area (Å²) in [5.41, 5.74) is -0.880. The normalized spacial score (nSPS) is 18.4. The monoisotopic (exact) mass is 313 g/mol. The molecule has 1 amide bonds. The van der Waals surface area contributed by atoms with Gasteiger partial charge in [0.2, 0.25) is 0 Å². The Morgan fingerprint density at radius 3 is 2.74 bits per heavy atom. The number of amides is 1. The number of carbonyl (C=O) groups is 1. The molecule has 122 valence electrons. The first-order valence-corrected chi connectivity index (χ1v) is 8.08. The van der Waals surface area contributed by atoms with Crippen LogP contribution in [0.15, 0.2) is 42.5 Å². The molecular formula is C19H23NO3. The number of nitrogens with zero attached hydrogens (tertiary/aromatic N) is 1. The van der Waals surface area contributed by atoms with Crippen molar-refractivity contribution in [3.8, 4) is 5.75 Å². The first kappa shape index (κ1) is 15.8. The van der Waals surface area contributed by atoms with E-state index in [4.69, 9.17) is 4.74 Å². The highest BCUT2D eigenvalue weighted by molar-refractivity contribution is 5.84. The standard InChI is InChI=1S/C19H23NO3/c1-19(2,22)17-8-5-11-20(17)18(21)13-23-16-10-9-14-6-3-4-7-15(14)12-16/h3-4,6-7,9-10,12,17,22H,5,8,11,13H2,1-2H3. The fraction of sp³-hybridized carbons (Fsp3) is 0.421. The minimum atomic E-state index is -0.880. The number of carbonyl (C=O) groups excluding carboxylic acids is 1. The average Bonchev–Trinajstić information content (AvgIpc) is 3.02. The van der Waals surface area contributed by atoms with Crippen molar-refractivity contribution in [2.75, 3.05) is 13.2 Å². The van der Waals surface area contributed by atoms with Crippen molar-refractivity contribution >= 4 is 16.7 Å². The number of fused-ring (bicyclic) bond motifs is 1. The van der Waals surface area contributed by atoms with Crippen LogP contribution in [0.3, 0.4) is 0 Å². The van der Waals surface area contributed by atoms with Gasteiger partial charge in [0.05, 0.1) is 11.6 Å². The lowest BCUT2D eigenvalue weighted by atomic mass is 9.97. The molecule has 0 spiro atoms. The van der Waals surface area contributed by atoms with Crippen LogP contribution in [0, 0.1) is 0 Å². The molecule has 0 radical (unpaired) electrons. The molecule has 0 bridgehead atoms. The molecule has 3 rings (SSSR count). The number of hydrogen-bond acceptors (Lipinski definition) is 3. The highest BCUT2D eigenvalue weighted by Gasteiger charge is 2.38. The summed E-state index contributed by atoms with van der Waals surface area (Å²) in [4.78, 5) is 14.2. The SMILES string of the molecule is CC(C)(O)C1CCCN1C(=O)COc1ccc2ccccc2c1. The molecule has 1 heterocycles. The summed E-state index contributed by atoms with van der Waals surface area (Å²) in [6, 6.07) is 13.7. The van der Waals surface area contributed by atoms with Crippen molar-refractivity contribution in [3.63, 3.8) is 0 Å². The number of ether oxygens (including phenoxy) is 1. The van der Waals surface area contributed by atoms with Gasteiger partial charge in [0.25, 0.3) is 5.91 Å². The predicted molar refractivity (Wildman–Crippen MR) is 90.5 cm³/mol. The van der Waals surface area contributed by atoms with Crippen LogP contribution < -0.4 is 4.74 Å². The Bertz CT molecular complexity index is 705. The molecule has 2 aromatic rings. The van der Waals surface area contributed by atoms with Gasteiger partial charge in [0, 0.05) is 6.54 Å². The minimum Gasteiger partial charge on any atom is -0.484 e. The maximum atomic E-state index is 12.4. The summed E-state index contributed by atoms with van der Waals surface area (Å²) in [6.07, 6.45) is 1.77. The van der Waals surface area contributed by atoms with E-state index in [9.17, 15) is 9.90 Å². The van der Waals surface area contributed by atoms with Crippen LogP contribution >= 0.6 is 0 Å². The van der Waals surface area contributed by atoms with Gasteiger partial charge in [0.1, 0.15) is 5.75 Å². The molecule has 1 atom stereocenters. The van der Waals surface area contributed by atoms with Crippen LogP contribution in [0.4, 0.5) is 0 Å². The first-order chi connectivity index (χ1) is 10.9. The maximum absolute atomic E-state index is 12.4. The Hall–Kier alpha value is -2.07. The van der Waals surface area contributed by atoms with E-state index in [2.05, 4.69) is 0 Å². The van der Waals surface area contributed by atoms with Crippen LogP contribution in [0.5, 0.6) is 5.75 Å². The average molecular weight is 313 g/mol. The van der Waals surface area contributed by atoms with Crippen molar-refractivity contribution in [2.45, 2.75) is 38.3 Å². The molecule has 1 saturated heterocycles. The summed E-state index contributed by atoms with van der Waals surface area (Å²) in [5.74, 6) is 0.624. The van der Waals surface area contributed by atoms with Gasteiger partial charge in [-0.05, 0) is 49.6 Å². The molecule has 0 saturated carbocycles. The topological polar surface area (TPSA) is 49.8 Å². The van der Waals surface area contributed by atoms with Gasteiger partial charge in [-0.1, -0.05) is 30.3 Å². The lowest BCUT2D eigenvalue weighted by Crippen LogP contribution is -2.49. The van der Waals surface area contributed by atoms with Crippen LogP contribution in [-0.4, -0.2) is 40.7 Å². The molecule has 23 heavy (non-hydrogen) atoms. The highest BCUT2D eigenvalue weighted by atomic mass is 16.5. The maximum Gasteiger partial charge on any atom is 0.260 e. The first-order valence-electron chi connectivity index (χ1n) is 8.08. The third kappa shape index (κ3) is 3.48. The van der Waals surface area contributed by atoms with Gasteiger partial charge in [-0.15, -0.1) is 0 Å². The zero-order valence-corrected chi connectivity index (χ0v) is 13.7. The van der Waals surface area contributed by atoms with E-state index in [0.717, 1.165) is 23.6 Å². The fourth-order valence-electron chi connectivity index (χ4n) is 3.28. The Balaban J connectivity index is 1.66. The van der Waals surface area contributed by atoms with Gasteiger partial charge in [-0.2, -0.15) is 0 Å². The van der Waals surface area contributed by atoms with Crippen LogP contribution in [0.1, 0.15) is 26.7 Å². The number of aliphatic hydroxyl groups is 1. The third-order valence-corrected chi connectivity index (χ3v) is 4.47. The molecule has 1 N–H and O–H groups in total. The Morgan fingerprint density at radius 1 is 1.26 bits per heavy atom. The van der Waals surface area contributed by atoms with Crippen LogP contribution in [0.25, 0.3) is 10.8 Å². The highest BCUT2D eigenvalue weighted by Crippen LogP contribution is 2.27. The van der Waals surface area contributed by atoms with Crippen LogP contribution in [-0.2, 0) is 4.79 Å². The summed E-state index contributed by atoms with van der Waals surface area (Å²) in [6.45, 7) is 4.21. The second kappa shape index (κ2) is 6.20. The van der Waals surface area contributed by atoms with Gasteiger partial charge in [-0.25, -0.2) is 0 Å². The lowest BCUT2D eigenvalue weighted by Gasteiger charge is -2.33. The molecule has 4 nitrogen and oxygen atoms in total. The van der Waals surface area contributed by atoms with Gasteiger partial charge in [-0.3, -0.25) is 4.79 Å². The molecule has 1 aliphatic heterocycles. The van der Waals surface area contributed by atoms with Crippen molar-refractivity contribution in [1.29, 1.82) is 0 Å². The number of benzene rings is 2. The molecule has 1 unspecified atom stereocenters. The molecular weight excluding hydrogens is 290 g/mol. The second-order valence-corrected chi connectivity index (χ2v) is 6.70. The quantitative estimate of drug-likeness (QED) is 0.944. The molecule has 0 aliphatic carbocycles. The van der Waals surface area contributed by atoms with Crippen molar-refractivity contribution in [2.24, 2.45) is 0 Å². The number of hydrogen-bond donors (Lipinski definition) is 1. The second-order valence-electron chi connectivity index (χ2n) is 6.70. The van der Waals surface area contributed by atoms with E-state index in [1.807, 2.05) is 42.5 Å². The van der Waals surface area contributed by atoms with E-state index in [1.54, 1.807) is 18.7 Å². The van der Waals surface area contributed by atoms with Crippen molar-refractivity contribution in [3.05, 3.63) is 42.5 Å². The number of rotatable bonds is 4. The largest absolute Gasteiger partial charge is 0.484 e. The van der Waals surface area contributed by atoms with Gasteiger partial charge >= 0.3 is 0 Å². The fourth-order valence-corrected chi connectivity index (χ4v) is 3.28. The van der Waals surface area contributed by atoms with Crippen molar-refractivity contribution in [1.82, 2.24) is 4.90 Å². The summed E-state index contributed by atoms with van der Waals surface area (Å²) in [7, 11) is 0. The summed E-state index contributed by atoms with van der Waals surface area (Å²) >= 11 is 0. The smallest absolute Gasteiger partial charge is 0.260 e. The summed E-state index contributed by atoms with van der Waals surface area (Å²) in [5, 5.41) is 12.4. The predicted octanol–water partition coefficient (Wildman–Crippen LogP) is 2.98. The summed E-state index contributed by atoms with van der Waals surface area (Å²) < 4.78 is 5.68. The molecule has 4 heteroatoms. The van der Waals surface area contributed by atoms with E-state index in [0.29, 0.717) is 12.3 Å². The molecule has 0 aromatic heterocycles. The Kier molecular flexibility index (Phi) is 4.26. The van der Waals surface area contributed by atoms with Gasteiger partial charge in [0.15, 0.2) is 6.61 Å². The number of likely N-dealkylation sites (tertiary alicyclic amines) is 1. The van der Waals surface area contributed by atoms with E-state index in [-0.39, 0.29) is 18.6 Å². The van der Waals surface area contributed by atoms with E-state index < -0.39 is 5.60 Å². The molecule has 2 aromatic carbocycles.